The van der Waals surface area contributed by atoms with Gasteiger partial charge in [0.2, 0.25) is 5.89 Å². The maximum Gasteiger partial charge on any atom is 0.269 e. The number of nitro benzene ring substituents is 1. The number of pyridine rings is 1. The highest BCUT2D eigenvalue weighted by Gasteiger charge is 2.14. The molecule has 154 valence electrons. The minimum Gasteiger partial charge on any atom is -0.484 e. The first-order chi connectivity index (χ1) is 14.5. The molecule has 3 aromatic heterocycles. The fourth-order valence-corrected chi connectivity index (χ4v) is 3.23. The molecule has 1 aromatic carbocycles. The summed E-state index contributed by atoms with van der Waals surface area (Å²) in [5, 5.41) is 19.2. The van der Waals surface area contributed by atoms with Gasteiger partial charge in [-0.2, -0.15) is 0 Å². The van der Waals surface area contributed by atoms with E-state index in [0.717, 1.165) is 36.2 Å². The second kappa shape index (κ2) is 8.50. The lowest BCUT2D eigenvalue weighted by molar-refractivity contribution is -0.384. The third-order valence-corrected chi connectivity index (χ3v) is 4.83. The molecule has 30 heavy (non-hydrogen) atoms. The van der Waals surface area contributed by atoms with Crippen LogP contribution in [0.2, 0.25) is 5.15 Å². The van der Waals surface area contributed by atoms with Crippen LogP contribution in [0.3, 0.4) is 0 Å². The van der Waals surface area contributed by atoms with Gasteiger partial charge in [-0.3, -0.25) is 10.1 Å². The van der Waals surface area contributed by atoms with Crippen LogP contribution in [0.4, 0.5) is 5.69 Å². The van der Waals surface area contributed by atoms with Gasteiger partial charge >= 0.3 is 0 Å². The Morgan fingerprint density at radius 2 is 2.03 bits per heavy atom. The summed E-state index contributed by atoms with van der Waals surface area (Å²) in [6.07, 6.45) is 4.87. The average Bonchev–Trinajstić information content (AvgIpc) is 3.35. The number of ether oxygens (including phenoxy) is 1. The first-order valence-electron chi connectivity index (χ1n) is 9.41. The van der Waals surface area contributed by atoms with E-state index < -0.39 is 4.92 Å². The van der Waals surface area contributed by atoms with E-state index in [1.807, 2.05) is 22.7 Å². The molecule has 0 unspecified atom stereocenters. The molecule has 0 aliphatic heterocycles. The van der Waals surface area contributed by atoms with Gasteiger partial charge in [-0.25, -0.2) is 4.98 Å². The standard InChI is InChI=1S/C20H18ClN5O4/c1-2-3-4-17-22-19(21)16-11-13(9-10-25(16)17)20-24-23-18(30-20)12-29-15-7-5-14(6-8-15)26(27)28/h5-11H,2-4,12H2,1H3. The normalized spacial score (nSPS) is 11.1. The minimum atomic E-state index is -0.468. The van der Waals surface area contributed by atoms with Crippen LogP contribution >= 0.6 is 11.6 Å². The Morgan fingerprint density at radius 3 is 2.77 bits per heavy atom. The van der Waals surface area contributed by atoms with Gasteiger partial charge < -0.3 is 13.6 Å². The largest absolute Gasteiger partial charge is 0.484 e. The molecule has 4 aromatic rings. The van der Waals surface area contributed by atoms with E-state index in [1.54, 1.807) is 0 Å². The van der Waals surface area contributed by atoms with E-state index in [4.69, 9.17) is 20.8 Å². The molecule has 0 radical (unpaired) electrons. The predicted molar refractivity (Wildman–Crippen MR) is 110 cm³/mol. The van der Waals surface area contributed by atoms with Gasteiger partial charge in [-0.1, -0.05) is 24.9 Å². The number of non-ortho nitro benzene ring substituents is 1. The van der Waals surface area contributed by atoms with E-state index in [-0.39, 0.29) is 18.2 Å². The second-order valence-corrected chi connectivity index (χ2v) is 6.99. The Balaban J connectivity index is 1.48. The summed E-state index contributed by atoms with van der Waals surface area (Å²) >= 11 is 6.31. The Labute approximate surface area is 176 Å². The molecule has 3 heterocycles. The van der Waals surface area contributed by atoms with Crippen LogP contribution in [0, 0.1) is 10.1 Å². The van der Waals surface area contributed by atoms with Crippen LogP contribution in [-0.4, -0.2) is 24.5 Å². The van der Waals surface area contributed by atoms with Gasteiger partial charge in [0.05, 0.1) is 10.4 Å². The van der Waals surface area contributed by atoms with Gasteiger partial charge in [-0.15, -0.1) is 10.2 Å². The van der Waals surface area contributed by atoms with E-state index in [2.05, 4.69) is 22.1 Å². The zero-order valence-electron chi connectivity index (χ0n) is 16.1. The van der Waals surface area contributed by atoms with Gasteiger partial charge in [0.1, 0.15) is 11.6 Å². The molecule has 0 amide bonds. The van der Waals surface area contributed by atoms with Crippen LogP contribution < -0.4 is 4.74 Å². The summed E-state index contributed by atoms with van der Waals surface area (Å²) in [4.78, 5) is 14.7. The fourth-order valence-electron chi connectivity index (χ4n) is 2.99. The lowest BCUT2D eigenvalue weighted by Crippen LogP contribution is -1.96. The van der Waals surface area contributed by atoms with Crippen molar-refractivity contribution in [3.63, 3.8) is 0 Å². The maximum atomic E-state index is 10.7. The number of rotatable bonds is 8. The van der Waals surface area contributed by atoms with Crippen LogP contribution in [-0.2, 0) is 13.0 Å². The van der Waals surface area contributed by atoms with Gasteiger partial charge in [0.15, 0.2) is 11.8 Å². The van der Waals surface area contributed by atoms with Crippen molar-refractivity contribution in [2.24, 2.45) is 0 Å². The Bertz CT molecular complexity index is 1190. The van der Waals surface area contributed by atoms with Crippen molar-refractivity contribution >= 4 is 22.8 Å². The molecule has 0 bridgehead atoms. The fraction of sp³-hybridized carbons (Fsp3) is 0.250. The number of aromatic nitrogens is 4. The molecule has 0 aliphatic rings. The van der Waals surface area contributed by atoms with Crippen molar-refractivity contribution in [3.8, 4) is 17.2 Å². The average molecular weight is 428 g/mol. The summed E-state index contributed by atoms with van der Waals surface area (Å²) < 4.78 is 13.2. The van der Waals surface area contributed by atoms with Crippen molar-refractivity contribution in [2.45, 2.75) is 32.8 Å². The third kappa shape index (κ3) is 4.11. The van der Waals surface area contributed by atoms with Crippen LogP contribution in [0.5, 0.6) is 5.75 Å². The van der Waals surface area contributed by atoms with E-state index >= 15 is 0 Å². The van der Waals surface area contributed by atoms with Crippen molar-refractivity contribution in [1.29, 1.82) is 0 Å². The Kier molecular flexibility index (Phi) is 5.62. The summed E-state index contributed by atoms with van der Waals surface area (Å²) in [6.45, 7) is 2.18. The number of halogens is 1. The number of benzene rings is 1. The molecular formula is C20H18ClN5O4. The maximum absolute atomic E-state index is 10.7. The molecule has 4 rings (SSSR count). The Morgan fingerprint density at radius 1 is 1.23 bits per heavy atom. The zero-order valence-corrected chi connectivity index (χ0v) is 16.9. The lowest BCUT2D eigenvalue weighted by atomic mass is 10.2. The highest BCUT2D eigenvalue weighted by atomic mass is 35.5. The first-order valence-corrected chi connectivity index (χ1v) is 9.79. The molecule has 9 nitrogen and oxygen atoms in total. The molecule has 0 aliphatic carbocycles. The Hall–Kier alpha value is -3.46. The number of hydrogen-bond acceptors (Lipinski definition) is 7. The summed E-state index contributed by atoms with van der Waals surface area (Å²) in [5.74, 6) is 2.01. The number of nitrogens with zero attached hydrogens (tertiary/aromatic N) is 5. The first kappa shape index (κ1) is 19.8. The number of imidazole rings is 1. The third-order valence-electron chi connectivity index (χ3n) is 4.55. The number of fused-ring (bicyclic) bond motifs is 1. The van der Waals surface area contributed by atoms with Gasteiger partial charge in [-0.05, 0) is 30.7 Å². The van der Waals surface area contributed by atoms with Crippen LogP contribution in [0.1, 0.15) is 31.5 Å². The molecule has 0 saturated heterocycles. The number of aryl methyl sites for hydroxylation is 1. The predicted octanol–water partition coefficient (Wildman–Crippen LogP) is 4.87. The van der Waals surface area contributed by atoms with Crippen molar-refractivity contribution in [1.82, 2.24) is 19.6 Å². The topological polar surface area (TPSA) is 109 Å². The van der Waals surface area contributed by atoms with Crippen LogP contribution in [0.15, 0.2) is 47.0 Å². The molecule has 0 spiro atoms. The van der Waals surface area contributed by atoms with Crippen molar-refractivity contribution in [3.05, 3.63) is 69.6 Å². The van der Waals surface area contributed by atoms with E-state index in [1.165, 1.54) is 24.3 Å². The van der Waals surface area contributed by atoms with E-state index in [9.17, 15) is 10.1 Å². The van der Waals surface area contributed by atoms with E-state index in [0.29, 0.717) is 16.8 Å². The van der Waals surface area contributed by atoms with Crippen molar-refractivity contribution in [2.75, 3.05) is 0 Å². The molecular weight excluding hydrogens is 410 g/mol. The zero-order chi connectivity index (χ0) is 21.1. The highest BCUT2D eigenvalue weighted by molar-refractivity contribution is 6.32. The number of unbranched alkanes of at least 4 members (excludes halogenated alkanes) is 1. The number of hydrogen-bond donors (Lipinski definition) is 0. The lowest BCUT2D eigenvalue weighted by Gasteiger charge is -2.03. The SMILES string of the molecule is CCCCc1nc(Cl)c2cc(-c3nnc(COc4ccc([N+](=O)[O-])cc4)o3)ccn12. The monoisotopic (exact) mass is 427 g/mol. The molecule has 0 N–H and O–H groups in total. The van der Waals surface area contributed by atoms with Crippen LogP contribution in [0.25, 0.3) is 17.0 Å². The summed E-state index contributed by atoms with van der Waals surface area (Å²) in [7, 11) is 0. The minimum absolute atomic E-state index is 0.00537. The highest BCUT2D eigenvalue weighted by Crippen LogP contribution is 2.26. The molecule has 10 heteroatoms. The molecule has 0 saturated carbocycles. The summed E-state index contributed by atoms with van der Waals surface area (Å²) in [5.41, 5.74) is 1.50. The smallest absolute Gasteiger partial charge is 0.269 e. The van der Waals surface area contributed by atoms with Gasteiger partial charge in [0, 0.05) is 30.3 Å². The molecule has 0 fully saturated rings. The summed E-state index contributed by atoms with van der Waals surface area (Å²) in [6, 6.07) is 9.50. The van der Waals surface area contributed by atoms with Gasteiger partial charge in [0.25, 0.3) is 11.6 Å². The quantitative estimate of drug-likeness (QED) is 0.291. The second-order valence-electron chi connectivity index (χ2n) is 6.63. The van der Waals surface area contributed by atoms with Crippen molar-refractivity contribution < 1.29 is 14.1 Å². The number of nitro groups is 1. The molecule has 0 atom stereocenters.